The minimum Gasteiger partial charge on any atom is -0.497 e. The Balaban J connectivity index is 1.38. The van der Waals surface area contributed by atoms with Crippen molar-refractivity contribution in [2.24, 2.45) is 0 Å². The number of nitrogens with one attached hydrogen (secondary N) is 2. The molecule has 3 rings (SSSR count). The number of methoxy groups -OCH3 is 1. The highest BCUT2D eigenvalue weighted by atomic mass is 32.2. The second-order valence-electron chi connectivity index (χ2n) is 5.83. The molecule has 5 heteroatoms. The van der Waals surface area contributed by atoms with Crippen molar-refractivity contribution in [1.82, 2.24) is 10.6 Å². The van der Waals surface area contributed by atoms with Crippen molar-refractivity contribution in [2.75, 3.05) is 7.11 Å². The largest absolute Gasteiger partial charge is 0.497 e. The van der Waals surface area contributed by atoms with Gasteiger partial charge < -0.3 is 15.4 Å². The number of carbonyl (C=O) groups is 1. The van der Waals surface area contributed by atoms with Crippen LogP contribution in [0.3, 0.4) is 0 Å². The van der Waals surface area contributed by atoms with E-state index in [1.165, 1.54) is 5.56 Å². The van der Waals surface area contributed by atoms with E-state index in [-0.39, 0.29) is 11.4 Å². The summed E-state index contributed by atoms with van der Waals surface area (Å²) < 4.78 is 5.15. The Bertz CT molecular complexity index is 729. The minimum atomic E-state index is -0.0938. The molecule has 0 fully saturated rings. The van der Waals surface area contributed by atoms with Crippen molar-refractivity contribution >= 4 is 23.4 Å². The summed E-state index contributed by atoms with van der Waals surface area (Å²) in [7, 11) is 1.66. The van der Waals surface area contributed by atoms with Gasteiger partial charge in [-0.3, -0.25) is 4.79 Å². The van der Waals surface area contributed by atoms with Crippen LogP contribution in [0.15, 0.2) is 60.0 Å². The number of aryl methyl sites for hydroxylation is 1. The maximum atomic E-state index is 12.1. The number of hydrogen-bond acceptors (Lipinski definition) is 4. The van der Waals surface area contributed by atoms with Crippen molar-refractivity contribution in [3.63, 3.8) is 0 Å². The lowest BCUT2D eigenvalue weighted by molar-refractivity contribution is -0.121. The van der Waals surface area contributed by atoms with E-state index in [1.54, 1.807) is 18.9 Å². The zero-order chi connectivity index (χ0) is 17.5. The number of hydrogen-bond donors (Lipinski definition) is 2. The Kier molecular flexibility index (Phi) is 6.01. The Morgan fingerprint density at radius 1 is 1.16 bits per heavy atom. The molecule has 1 atom stereocenters. The lowest BCUT2D eigenvalue weighted by atomic mass is 10.1. The number of carbonyl (C=O) groups excluding carboxylic acids is 1. The second-order valence-corrected chi connectivity index (χ2v) is 6.81. The standard InChI is InChI=1S/C20H22N2O2S/c1-24-17-12-10-15(11-13-17)6-5-9-19(23)22-20-21-18(14-25-20)16-7-3-2-4-8-16/h2-4,7-8,10-14,20-21H,5-6,9H2,1H3,(H,22,23)/t20-/m1/s1. The molecule has 0 saturated carbocycles. The summed E-state index contributed by atoms with van der Waals surface area (Å²) in [5, 5.41) is 8.41. The zero-order valence-corrected chi connectivity index (χ0v) is 15.0. The first-order valence-electron chi connectivity index (χ1n) is 8.34. The maximum absolute atomic E-state index is 12.1. The summed E-state index contributed by atoms with van der Waals surface area (Å²) in [5.41, 5.74) is 3.30. The molecule has 0 spiro atoms. The molecule has 0 aromatic heterocycles. The summed E-state index contributed by atoms with van der Waals surface area (Å²) >= 11 is 1.59. The number of ether oxygens (including phenoxy) is 1. The molecule has 130 valence electrons. The number of benzene rings is 2. The summed E-state index contributed by atoms with van der Waals surface area (Å²) in [6, 6.07) is 18.1. The number of thioether (sulfide) groups is 1. The van der Waals surface area contributed by atoms with Gasteiger partial charge in [0.15, 0.2) is 5.50 Å². The van der Waals surface area contributed by atoms with Crippen molar-refractivity contribution in [3.8, 4) is 5.75 Å². The summed E-state index contributed by atoms with van der Waals surface area (Å²) in [5.74, 6) is 0.925. The molecule has 2 N–H and O–H groups in total. The highest BCUT2D eigenvalue weighted by Crippen LogP contribution is 2.25. The first kappa shape index (κ1) is 17.4. The van der Waals surface area contributed by atoms with E-state index in [4.69, 9.17) is 4.74 Å². The molecule has 1 heterocycles. The first-order valence-corrected chi connectivity index (χ1v) is 9.29. The predicted octanol–water partition coefficient (Wildman–Crippen LogP) is 3.75. The molecule has 0 aliphatic carbocycles. The van der Waals surface area contributed by atoms with E-state index in [1.807, 2.05) is 42.5 Å². The van der Waals surface area contributed by atoms with Crippen LogP contribution in [0.5, 0.6) is 5.75 Å². The minimum absolute atomic E-state index is 0.0706. The summed E-state index contributed by atoms with van der Waals surface area (Å²) in [6.45, 7) is 0. The van der Waals surface area contributed by atoms with Crippen molar-refractivity contribution in [3.05, 3.63) is 71.1 Å². The van der Waals surface area contributed by atoms with E-state index in [0.29, 0.717) is 6.42 Å². The van der Waals surface area contributed by atoms with Gasteiger partial charge in [0.05, 0.1) is 12.8 Å². The van der Waals surface area contributed by atoms with E-state index in [9.17, 15) is 4.79 Å². The van der Waals surface area contributed by atoms with Gasteiger partial charge in [-0.15, -0.1) is 0 Å². The Morgan fingerprint density at radius 2 is 1.92 bits per heavy atom. The SMILES string of the molecule is COc1ccc(CCCC(=O)N[C@H]2NC(c3ccccc3)=CS2)cc1. The molecule has 25 heavy (non-hydrogen) atoms. The van der Waals surface area contributed by atoms with Crippen LogP contribution in [0.2, 0.25) is 0 Å². The van der Waals surface area contributed by atoms with Gasteiger partial charge in [-0.25, -0.2) is 0 Å². The second kappa shape index (κ2) is 8.62. The fraction of sp³-hybridized carbons (Fsp3) is 0.250. The monoisotopic (exact) mass is 354 g/mol. The van der Waals surface area contributed by atoms with Crippen LogP contribution in [0.4, 0.5) is 0 Å². The van der Waals surface area contributed by atoms with Crippen molar-refractivity contribution < 1.29 is 9.53 Å². The van der Waals surface area contributed by atoms with Gasteiger partial charge >= 0.3 is 0 Å². The Morgan fingerprint density at radius 3 is 2.64 bits per heavy atom. The van der Waals surface area contributed by atoms with Crippen LogP contribution >= 0.6 is 11.8 Å². The van der Waals surface area contributed by atoms with Gasteiger partial charge in [0.1, 0.15) is 5.75 Å². The number of rotatable bonds is 7. The fourth-order valence-corrected chi connectivity index (χ4v) is 3.52. The molecule has 0 saturated heterocycles. The van der Waals surface area contributed by atoms with Crippen molar-refractivity contribution in [1.29, 1.82) is 0 Å². The Labute approximate surface area is 152 Å². The molecular formula is C20H22N2O2S. The van der Waals surface area contributed by atoms with E-state index < -0.39 is 0 Å². The van der Waals surface area contributed by atoms with Gasteiger partial charge in [0.25, 0.3) is 0 Å². The van der Waals surface area contributed by atoms with E-state index in [2.05, 4.69) is 28.2 Å². The van der Waals surface area contributed by atoms with Gasteiger partial charge in [-0.2, -0.15) is 0 Å². The highest BCUT2D eigenvalue weighted by molar-refractivity contribution is 8.03. The molecule has 0 bridgehead atoms. The average molecular weight is 354 g/mol. The predicted molar refractivity (Wildman–Crippen MR) is 103 cm³/mol. The van der Waals surface area contributed by atoms with Crippen LogP contribution in [0.25, 0.3) is 5.70 Å². The molecule has 4 nitrogen and oxygen atoms in total. The third kappa shape index (κ3) is 5.03. The lowest BCUT2D eigenvalue weighted by Crippen LogP contribution is -2.39. The third-order valence-corrected chi connectivity index (χ3v) is 4.89. The van der Waals surface area contributed by atoms with E-state index in [0.717, 1.165) is 29.9 Å². The van der Waals surface area contributed by atoms with Crippen LogP contribution in [0, 0.1) is 0 Å². The van der Waals surface area contributed by atoms with Crippen LogP contribution in [-0.2, 0) is 11.2 Å². The molecule has 1 aliphatic heterocycles. The van der Waals surface area contributed by atoms with Gasteiger partial charge in [-0.1, -0.05) is 54.2 Å². The average Bonchev–Trinajstić information content (AvgIpc) is 3.11. The Hall–Kier alpha value is -2.40. The third-order valence-electron chi connectivity index (χ3n) is 4.01. The van der Waals surface area contributed by atoms with Crippen LogP contribution in [-0.4, -0.2) is 18.5 Å². The van der Waals surface area contributed by atoms with E-state index >= 15 is 0 Å². The maximum Gasteiger partial charge on any atom is 0.222 e. The number of amides is 1. The smallest absolute Gasteiger partial charge is 0.222 e. The van der Waals surface area contributed by atoms with Gasteiger partial charge in [0, 0.05) is 6.42 Å². The van der Waals surface area contributed by atoms with Crippen LogP contribution in [0.1, 0.15) is 24.0 Å². The molecule has 0 radical (unpaired) electrons. The molecular weight excluding hydrogens is 332 g/mol. The molecule has 0 unspecified atom stereocenters. The lowest BCUT2D eigenvalue weighted by Gasteiger charge is -2.15. The quantitative estimate of drug-likeness (QED) is 0.795. The van der Waals surface area contributed by atoms with Crippen molar-refractivity contribution in [2.45, 2.75) is 24.8 Å². The molecule has 1 aliphatic rings. The van der Waals surface area contributed by atoms with Gasteiger partial charge in [-0.05, 0) is 41.5 Å². The molecule has 2 aromatic rings. The first-order chi connectivity index (χ1) is 12.2. The topological polar surface area (TPSA) is 50.4 Å². The zero-order valence-electron chi connectivity index (χ0n) is 14.2. The molecule has 2 aromatic carbocycles. The molecule has 1 amide bonds. The summed E-state index contributed by atoms with van der Waals surface area (Å²) in [6.07, 6.45) is 2.23. The highest BCUT2D eigenvalue weighted by Gasteiger charge is 2.19. The summed E-state index contributed by atoms with van der Waals surface area (Å²) in [4.78, 5) is 12.1. The van der Waals surface area contributed by atoms with Crippen LogP contribution < -0.4 is 15.4 Å². The fourth-order valence-electron chi connectivity index (χ4n) is 2.65. The van der Waals surface area contributed by atoms with Gasteiger partial charge in [0.2, 0.25) is 5.91 Å². The normalized spacial score (nSPS) is 16.0.